The van der Waals surface area contributed by atoms with Crippen molar-refractivity contribution in [1.82, 2.24) is 10.2 Å². The molecule has 21 heavy (non-hydrogen) atoms. The van der Waals surface area contributed by atoms with E-state index in [0.717, 1.165) is 16.3 Å². The van der Waals surface area contributed by atoms with Gasteiger partial charge in [0, 0.05) is 15.7 Å². The van der Waals surface area contributed by atoms with Crippen LogP contribution >= 0.6 is 11.8 Å². The molecule has 0 amide bonds. The van der Waals surface area contributed by atoms with E-state index < -0.39 is 0 Å². The highest BCUT2D eigenvalue weighted by Gasteiger charge is 2.00. The standard InChI is InChI=1S/C16H14N4S/c1-21-14-8-6-12(7-9-14)10-17-19-16-15-5-3-2-4-13(15)11-18-20-16/h2-11H,1H3,(H,19,20)/b17-10+. The highest BCUT2D eigenvalue weighted by molar-refractivity contribution is 7.98. The summed E-state index contributed by atoms with van der Waals surface area (Å²) in [6.45, 7) is 0. The van der Waals surface area contributed by atoms with Crippen LogP contribution in [0.25, 0.3) is 10.8 Å². The zero-order valence-electron chi connectivity index (χ0n) is 11.5. The van der Waals surface area contributed by atoms with Crippen molar-refractivity contribution in [2.75, 3.05) is 11.7 Å². The van der Waals surface area contributed by atoms with Gasteiger partial charge in [-0.15, -0.1) is 16.9 Å². The first-order chi connectivity index (χ1) is 10.4. The van der Waals surface area contributed by atoms with E-state index in [0.29, 0.717) is 5.82 Å². The van der Waals surface area contributed by atoms with Crippen LogP contribution in [0, 0.1) is 0 Å². The summed E-state index contributed by atoms with van der Waals surface area (Å²) >= 11 is 1.72. The van der Waals surface area contributed by atoms with Gasteiger partial charge in [-0.2, -0.15) is 10.2 Å². The molecule has 3 aromatic rings. The molecule has 0 saturated carbocycles. The molecule has 5 heteroatoms. The molecule has 4 nitrogen and oxygen atoms in total. The molecule has 0 saturated heterocycles. The Morgan fingerprint density at radius 3 is 2.71 bits per heavy atom. The van der Waals surface area contributed by atoms with Gasteiger partial charge in [0.2, 0.25) is 0 Å². The Morgan fingerprint density at radius 1 is 1.10 bits per heavy atom. The topological polar surface area (TPSA) is 50.2 Å². The first-order valence-electron chi connectivity index (χ1n) is 6.50. The maximum atomic E-state index is 4.23. The average molecular weight is 294 g/mol. The van der Waals surface area contributed by atoms with E-state index in [2.05, 4.69) is 39.1 Å². The Hall–Kier alpha value is -2.40. The van der Waals surface area contributed by atoms with E-state index in [9.17, 15) is 0 Å². The number of anilines is 1. The summed E-state index contributed by atoms with van der Waals surface area (Å²) in [6.07, 6.45) is 5.57. The molecule has 104 valence electrons. The van der Waals surface area contributed by atoms with Gasteiger partial charge >= 0.3 is 0 Å². The van der Waals surface area contributed by atoms with Crippen LogP contribution in [0.1, 0.15) is 5.56 Å². The Bertz CT molecular complexity index is 763. The van der Waals surface area contributed by atoms with Crippen molar-refractivity contribution in [2.24, 2.45) is 5.10 Å². The molecule has 0 radical (unpaired) electrons. The lowest BCUT2D eigenvalue weighted by Gasteiger charge is -2.03. The fraction of sp³-hybridized carbons (Fsp3) is 0.0625. The molecular formula is C16H14N4S. The van der Waals surface area contributed by atoms with E-state index in [4.69, 9.17) is 0 Å². The number of hydrogen-bond donors (Lipinski definition) is 1. The Balaban J connectivity index is 1.78. The van der Waals surface area contributed by atoms with Gasteiger partial charge < -0.3 is 0 Å². The smallest absolute Gasteiger partial charge is 0.176 e. The first kappa shape index (κ1) is 13.6. The normalized spacial score (nSPS) is 11.1. The molecule has 0 aliphatic heterocycles. The number of rotatable bonds is 4. The molecule has 0 spiro atoms. The molecule has 1 N–H and O–H groups in total. The quantitative estimate of drug-likeness (QED) is 0.452. The molecule has 1 heterocycles. The highest BCUT2D eigenvalue weighted by Crippen LogP contribution is 2.19. The predicted octanol–water partition coefficient (Wildman–Crippen LogP) is 3.80. The molecule has 0 aliphatic rings. The van der Waals surface area contributed by atoms with Crippen molar-refractivity contribution in [2.45, 2.75) is 4.90 Å². The van der Waals surface area contributed by atoms with Crippen molar-refractivity contribution in [3.8, 4) is 0 Å². The van der Waals surface area contributed by atoms with E-state index in [1.807, 2.05) is 36.4 Å². The third-order valence-corrected chi connectivity index (χ3v) is 3.81. The van der Waals surface area contributed by atoms with E-state index in [1.165, 1.54) is 4.90 Å². The number of thioether (sulfide) groups is 1. The lowest BCUT2D eigenvalue weighted by atomic mass is 10.2. The van der Waals surface area contributed by atoms with Crippen LogP contribution in [0.4, 0.5) is 5.82 Å². The second-order valence-corrected chi connectivity index (χ2v) is 5.30. The van der Waals surface area contributed by atoms with Gasteiger partial charge in [0.05, 0.1) is 12.4 Å². The van der Waals surface area contributed by atoms with Crippen molar-refractivity contribution >= 4 is 34.6 Å². The van der Waals surface area contributed by atoms with E-state index >= 15 is 0 Å². The lowest BCUT2D eigenvalue weighted by molar-refractivity contribution is 1.04. The van der Waals surface area contributed by atoms with Crippen molar-refractivity contribution in [1.29, 1.82) is 0 Å². The van der Waals surface area contributed by atoms with Gasteiger partial charge in [-0.25, -0.2) is 0 Å². The highest BCUT2D eigenvalue weighted by atomic mass is 32.2. The fourth-order valence-corrected chi connectivity index (χ4v) is 2.38. The minimum Gasteiger partial charge on any atom is -0.259 e. The van der Waals surface area contributed by atoms with Crippen LogP contribution in [0.5, 0.6) is 0 Å². The minimum absolute atomic E-state index is 0.657. The number of aromatic nitrogens is 2. The first-order valence-corrected chi connectivity index (χ1v) is 7.73. The van der Waals surface area contributed by atoms with Crippen LogP contribution < -0.4 is 5.43 Å². The van der Waals surface area contributed by atoms with Gasteiger partial charge in [-0.1, -0.05) is 36.4 Å². The molecule has 0 fully saturated rings. The largest absolute Gasteiger partial charge is 0.259 e. The second kappa shape index (κ2) is 6.37. The minimum atomic E-state index is 0.657. The number of benzene rings is 2. The van der Waals surface area contributed by atoms with E-state index in [-0.39, 0.29) is 0 Å². The van der Waals surface area contributed by atoms with Crippen molar-refractivity contribution in [3.63, 3.8) is 0 Å². The van der Waals surface area contributed by atoms with Crippen LogP contribution in [0.15, 0.2) is 64.7 Å². The number of hydrogen-bond acceptors (Lipinski definition) is 5. The Labute approximate surface area is 127 Å². The maximum Gasteiger partial charge on any atom is 0.176 e. The number of nitrogens with one attached hydrogen (secondary N) is 1. The summed E-state index contributed by atoms with van der Waals surface area (Å²) in [6, 6.07) is 16.2. The molecule has 3 rings (SSSR count). The third-order valence-electron chi connectivity index (χ3n) is 3.07. The molecule has 0 unspecified atom stereocenters. The van der Waals surface area contributed by atoms with Crippen LogP contribution in [0.2, 0.25) is 0 Å². The monoisotopic (exact) mass is 294 g/mol. The van der Waals surface area contributed by atoms with Gasteiger partial charge in [0.15, 0.2) is 5.82 Å². The zero-order valence-corrected chi connectivity index (χ0v) is 12.3. The predicted molar refractivity (Wildman–Crippen MR) is 89.0 cm³/mol. The molecule has 2 aromatic carbocycles. The maximum absolute atomic E-state index is 4.23. The third kappa shape index (κ3) is 3.20. The summed E-state index contributed by atoms with van der Waals surface area (Å²) in [7, 11) is 0. The van der Waals surface area contributed by atoms with E-state index in [1.54, 1.807) is 24.2 Å². The summed E-state index contributed by atoms with van der Waals surface area (Å²) in [5.74, 6) is 0.657. The summed E-state index contributed by atoms with van der Waals surface area (Å²) in [5, 5.41) is 14.3. The van der Waals surface area contributed by atoms with Crippen LogP contribution in [-0.2, 0) is 0 Å². The number of hydrazone groups is 1. The van der Waals surface area contributed by atoms with Crippen molar-refractivity contribution < 1.29 is 0 Å². The van der Waals surface area contributed by atoms with Gasteiger partial charge in [0.25, 0.3) is 0 Å². The Morgan fingerprint density at radius 2 is 1.90 bits per heavy atom. The lowest BCUT2D eigenvalue weighted by Crippen LogP contribution is -1.96. The van der Waals surface area contributed by atoms with Crippen LogP contribution in [0.3, 0.4) is 0 Å². The number of nitrogens with zero attached hydrogens (tertiary/aromatic N) is 3. The molecular weight excluding hydrogens is 280 g/mol. The summed E-state index contributed by atoms with van der Waals surface area (Å²) in [4.78, 5) is 1.24. The second-order valence-electron chi connectivity index (χ2n) is 4.42. The molecule has 0 bridgehead atoms. The Kier molecular flexibility index (Phi) is 4.12. The van der Waals surface area contributed by atoms with Gasteiger partial charge in [-0.3, -0.25) is 5.43 Å². The van der Waals surface area contributed by atoms with Crippen molar-refractivity contribution in [3.05, 3.63) is 60.3 Å². The molecule has 0 aliphatic carbocycles. The molecule has 1 aromatic heterocycles. The number of fused-ring (bicyclic) bond motifs is 1. The van der Waals surface area contributed by atoms with Crippen LogP contribution in [-0.4, -0.2) is 22.7 Å². The fourth-order valence-electron chi connectivity index (χ4n) is 1.97. The summed E-state index contributed by atoms with van der Waals surface area (Å²) in [5.41, 5.74) is 3.99. The average Bonchev–Trinajstić information content (AvgIpc) is 2.56. The van der Waals surface area contributed by atoms with Gasteiger partial charge in [-0.05, 0) is 24.0 Å². The molecule has 0 atom stereocenters. The SMILES string of the molecule is CSc1ccc(/C=N/Nc2nncc3ccccc23)cc1. The van der Waals surface area contributed by atoms with Gasteiger partial charge in [0.1, 0.15) is 0 Å². The zero-order chi connectivity index (χ0) is 14.5. The summed E-state index contributed by atoms with van der Waals surface area (Å²) < 4.78 is 0.